The fourth-order valence-electron chi connectivity index (χ4n) is 2.72. The van der Waals surface area contributed by atoms with Crippen molar-refractivity contribution in [2.45, 2.75) is 11.7 Å². The molecule has 30 heavy (non-hydrogen) atoms. The third kappa shape index (κ3) is 6.08. The van der Waals surface area contributed by atoms with Gasteiger partial charge in [0.2, 0.25) is 5.91 Å². The van der Waals surface area contributed by atoms with Crippen LogP contribution in [0, 0.1) is 0 Å². The molecule has 2 N–H and O–H groups in total. The maximum Gasteiger partial charge on any atom is 0.446 e. The second kappa shape index (κ2) is 9.32. The zero-order chi connectivity index (χ0) is 21.7. The number of aromatic nitrogens is 1. The van der Waals surface area contributed by atoms with Crippen LogP contribution >= 0.6 is 11.8 Å². The normalized spacial score (nSPS) is 16.3. The molecule has 0 aliphatic carbocycles. The summed E-state index contributed by atoms with van der Waals surface area (Å²) in [6.45, 7) is 0.634. The van der Waals surface area contributed by atoms with Gasteiger partial charge in [-0.25, -0.2) is 4.98 Å². The Kier molecular flexibility index (Phi) is 6.80. The molecule has 0 bridgehead atoms. The Morgan fingerprint density at radius 1 is 1.23 bits per heavy atom. The molecule has 3 rings (SSSR count). The monoisotopic (exact) mass is 453 g/mol. The van der Waals surface area contributed by atoms with Gasteiger partial charge >= 0.3 is 10.4 Å². The van der Waals surface area contributed by atoms with Crippen LogP contribution < -0.4 is 19.1 Å². The smallest absolute Gasteiger partial charge is 0.446 e. The van der Waals surface area contributed by atoms with Crippen LogP contribution in [0.2, 0.25) is 0 Å². The SMILES string of the molecule is CN(CCOc1ccc(CC2SC(=O)NC2=O)cc1)c1ncccc1OS(=O)(=O)O. The van der Waals surface area contributed by atoms with Gasteiger partial charge < -0.3 is 13.8 Å². The van der Waals surface area contributed by atoms with Gasteiger partial charge in [-0.2, -0.15) is 8.42 Å². The maximum absolute atomic E-state index is 11.6. The van der Waals surface area contributed by atoms with Gasteiger partial charge in [0.1, 0.15) is 12.4 Å². The lowest BCUT2D eigenvalue weighted by Gasteiger charge is -2.20. The number of pyridine rings is 1. The number of hydrogen-bond donors (Lipinski definition) is 2. The third-order valence-electron chi connectivity index (χ3n) is 4.11. The molecule has 1 aromatic heterocycles. The van der Waals surface area contributed by atoms with Crippen molar-refractivity contribution in [1.29, 1.82) is 0 Å². The topological polar surface area (TPSA) is 135 Å². The van der Waals surface area contributed by atoms with Crippen molar-refractivity contribution in [3.8, 4) is 11.5 Å². The quantitative estimate of drug-likeness (QED) is 0.540. The van der Waals surface area contributed by atoms with E-state index in [1.165, 1.54) is 18.3 Å². The number of rotatable bonds is 9. The van der Waals surface area contributed by atoms with Gasteiger partial charge in [-0.05, 0) is 36.2 Å². The molecule has 2 heterocycles. The number of carbonyl (C=O) groups is 2. The number of likely N-dealkylation sites (N-methyl/N-ethyl adjacent to an activating group) is 1. The average Bonchev–Trinajstić information content (AvgIpc) is 2.99. The number of hydrogen-bond acceptors (Lipinski definition) is 9. The fourth-order valence-corrected chi connectivity index (χ4v) is 3.93. The molecule has 1 unspecified atom stereocenters. The zero-order valence-electron chi connectivity index (χ0n) is 15.8. The molecule has 1 aliphatic rings. The van der Waals surface area contributed by atoms with Crippen LogP contribution in [-0.2, 0) is 21.6 Å². The van der Waals surface area contributed by atoms with E-state index in [0.29, 0.717) is 18.7 Å². The predicted molar refractivity (Wildman–Crippen MR) is 110 cm³/mol. The molecule has 1 saturated heterocycles. The summed E-state index contributed by atoms with van der Waals surface area (Å²) in [4.78, 5) is 28.6. The lowest BCUT2D eigenvalue weighted by molar-refractivity contribution is -0.118. The number of nitrogens with one attached hydrogen (secondary N) is 1. The Bertz CT molecular complexity index is 1030. The molecule has 0 saturated carbocycles. The van der Waals surface area contributed by atoms with Gasteiger partial charge in [0.15, 0.2) is 11.6 Å². The number of nitrogens with zero attached hydrogens (tertiary/aromatic N) is 2. The molecule has 12 heteroatoms. The van der Waals surface area contributed by atoms with E-state index in [1.54, 1.807) is 24.1 Å². The number of thioether (sulfide) groups is 1. The van der Waals surface area contributed by atoms with Gasteiger partial charge in [-0.15, -0.1) is 0 Å². The lowest BCUT2D eigenvalue weighted by atomic mass is 10.1. The Morgan fingerprint density at radius 3 is 2.60 bits per heavy atom. The van der Waals surface area contributed by atoms with Gasteiger partial charge in [-0.3, -0.25) is 19.5 Å². The number of amides is 2. The molecule has 10 nitrogen and oxygen atoms in total. The molecular weight excluding hydrogens is 434 g/mol. The zero-order valence-corrected chi connectivity index (χ0v) is 17.5. The molecule has 2 amide bonds. The van der Waals surface area contributed by atoms with Gasteiger partial charge in [0.05, 0.1) is 11.8 Å². The van der Waals surface area contributed by atoms with Crippen molar-refractivity contribution in [1.82, 2.24) is 10.3 Å². The molecular formula is C18H19N3O7S2. The first-order chi connectivity index (χ1) is 14.2. The van der Waals surface area contributed by atoms with Crippen molar-refractivity contribution < 1.29 is 31.5 Å². The third-order valence-corrected chi connectivity index (χ3v) is 5.49. The highest BCUT2D eigenvalue weighted by Crippen LogP contribution is 2.26. The van der Waals surface area contributed by atoms with E-state index in [1.807, 2.05) is 12.1 Å². The number of carbonyl (C=O) groups excluding carboxylic acids is 2. The van der Waals surface area contributed by atoms with E-state index < -0.39 is 15.6 Å². The standard InChI is InChI=1S/C18H19N3O7S2/c1-21(16-14(3-2-8-19-16)28-30(24,25)26)9-10-27-13-6-4-12(5-7-13)11-15-17(22)20-18(23)29-15/h2-8,15H,9-11H2,1H3,(H,20,22,23)(H,24,25,26). The van der Waals surface area contributed by atoms with Crippen molar-refractivity contribution in [3.05, 3.63) is 48.2 Å². The van der Waals surface area contributed by atoms with Crippen molar-refractivity contribution >= 4 is 39.1 Å². The van der Waals surface area contributed by atoms with Crippen LogP contribution in [0.5, 0.6) is 11.5 Å². The first-order valence-corrected chi connectivity index (χ1v) is 11.0. The Morgan fingerprint density at radius 2 is 1.97 bits per heavy atom. The molecule has 2 aromatic rings. The minimum absolute atomic E-state index is 0.0980. The highest BCUT2D eigenvalue weighted by atomic mass is 32.3. The van der Waals surface area contributed by atoms with Crippen molar-refractivity contribution in [3.63, 3.8) is 0 Å². The number of imide groups is 1. The van der Waals surface area contributed by atoms with Crippen molar-refractivity contribution in [2.75, 3.05) is 25.1 Å². The maximum atomic E-state index is 11.6. The van der Waals surface area contributed by atoms with Crippen LogP contribution in [-0.4, -0.2) is 54.6 Å². The summed E-state index contributed by atoms with van der Waals surface area (Å²) < 4.78 is 41.0. The number of anilines is 1. The Labute approximate surface area is 177 Å². The largest absolute Gasteiger partial charge is 0.492 e. The predicted octanol–water partition coefficient (Wildman–Crippen LogP) is 1.67. The molecule has 1 aliphatic heterocycles. The van der Waals surface area contributed by atoms with Gasteiger partial charge in [0, 0.05) is 13.2 Å². The number of benzene rings is 1. The van der Waals surface area contributed by atoms with E-state index in [0.717, 1.165) is 17.3 Å². The van der Waals surface area contributed by atoms with E-state index >= 15 is 0 Å². The number of ether oxygens (including phenoxy) is 1. The summed E-state index contributed by atoms with van der Waals surface area (Å²) in [5.74, 6) is 0.470. The van der Waals surface area contributed by atoms with Crippen LogP contribution in [0.3, 0.4) is 0 Å². The lowest BCUT2D eigenvalue weighted by Crippen LogP contribution is -2.25. The Balaban J connectivity index is 1.52. The summed E-state index contributed by atoms with van der Waals surface area (Å²) in [5, 5.41) is 1.51. The van der Waals surface area contributed by atoms with Crippen LogP contribution in [0.25, 0.3) is 0 Å². The van der Waals surface area contributed by atoms with E-state index in [4.69, 9.17) is 9.29 Å². The van der Waals surface area contributed by atoms with E-state index in [9.17, 15) is 18.0 Å². The molecule has 1 aromatic carbocycles. The minimum atomic E-state index is -4.66. The molecule has 0 spiro atoms. The minimum Gasteiger partial charge on any atom is -0.492 e. The summed E-state index contributed by atoms with van der Waals surface area (Å²) in [6, 6.07) is 10.0. The average molecular weight is 453 g/mol. The van der Waals surface area contributed by atoms with Gasteiger partial charge in [0.25, 0.3) is 5.24 Å². The Hall–Kier alpha value is -2.83. The van der Waals surface area contributed by atoms with E-state index in [-0.39, 0.29) is 29.3 Å². The summed E-state index contributed by atoms with van der Waals surface area (Å²) in [5.41, 5.74) is 0.905. The second-order valence-corrected chi connectivity index (χ2v) is 8.54. The highest BCUT2D eigenvalue weighted by molar-refractivity contribution is 8.15. The summed E-state index contributed by atoms with van der Waals surface area (Å²) in [6.07, 6.45) is 1.92. The van der Waals surface area contributed by atoms with Crippen molar-refractivity contribution in [2.24, 2.45) is 0 Å². The highest BCUT2D eigenvalue weighted by Gasteiger charge is 2.31. The summed E-state index contributed by atoms with van der Waals surface area (Å²) >= 11 is 0.986. The summed E-state index contributed by atoms with van der Waals surface area (Å²) in [7, 11) is -2.98. The molecule has 1 fully saturated rings. The molecule has 160 valence electrons. The van der Waals surface area contributed by atoms with Crippen LogP contribution in [0.1, 0.15) is 5.56 Å². The van der Waals surface area contributed by atoms with Crippen LogP contribution in [0.15, 0.2) is 42.6 Å². The van der Waals surface area contributed by atoms with Gasteiger partial charge in [-0.1, -0.05) is 23.9 Å². The van der Waals surface area contributed by atoms with E-state index in [2.05, 4.69) is 14.5 Å². The first kappa shape index (κ1) is 21.9. The van der Waals surface area contributed by atoms with Crippen LogP contribution in [0.4, 0.5) is 10.6 Å². The fraction of sp³-hybridized carbons (Fsp3) is 0.278. The molecule has 0 radical (unpaired) electrons. The molecule has 1 atom stereocenters. The second-order valence-electron chi connectivity index (χ2n) is 6.34. The first-order valence-electron chi connectivity index (χ1n) is 8.77.